The number of aliphatic hydroxyl groups is 1. The van der Waals surface area contributed by atoms with Crippen molar-refractivity contribution in [1.29, 1.82) is 0 Å². The van der Waals surface area contributed by atoms with Crippen LogP contribution in [0.15, 0.2) is 0 Å². The molecule has 0 aliphatic carbocycles. The lowest BCUT2D eigenvalue weighted by atomic mass is 9.79. The molecule has 0 bridgehead atoms. The monoisotopic (exact) mass is 198 g/mol. The average molecular weight is 198 g/mol. The molecule has 0 aromatic carbocycles. The Hall–Kier alpha value is -0.120. The molecule has 2 unspecified atom stereocenters. The third-order valence-electron chi connectivity index (χ3n) is 3.95. The van der Waals surface area contributed by atoms with Crippen molar-refractivity contribution in [2.45, 2.75) is 32.4 Å². The largest absolute Gasteiger partial charge is 0.392 e. The Morgan fingerprint density at radius 2 is 1.86 bits per heavy atom. The van der Waals surface area contributed by atoms with Gasteiger partial charge in [-0.2, -0.15) is 0 Å². The van der Waals surface area contributed by atoms with Gasteiger partial charge >= 0.3 is 0 Å². The zero-order chi connectivity index (χ0) is 10.3. The van der Waals surface area contributed by atoms with E-state index in [0.29, 0.717) is 11.5 Å². The van der Waals surface area contributed by atoms with E-state index in [1.807, 2.05) is 6.92 Å². The molecule has 2 aliphatic rings. The van der Waals surface area contributed by atoms with Crippen LogP contribution < -0.4 is 0 Å². The second-order valence-corrected chi connectivity index (χ2v) is 5.37. The number of nitrogens with zero attached hydrogens (tertiary/aromatic N) is 2. The summed E-state index contributed by atoms with van der Waals surface area (Å²) >= 11 is 0. The van der Waals surface area contributed by atoms with Crippen LogP contribution in [0.1, 0.15) is 20.3 Å². The van der Waals surface area contributed by atoms with Crippen LogP contribution in [-0.2, 0) is 0 Å². The van der Waals surface area contributed by atoms with Crippen LogP contribution in [0.25, 0.3) is 0 Å². The summed E-state index contributed by atoms with van der Waals surface area (Å²) in [4.78, 5) is 4.83. The number of aliphatic hydroxyl groups excluding tert-OH is 1. The summed E-state index contributed by atoms with van der Waals surface area (Å²) in [6, 6.07) is 0.320. The number of rotatable bonds is 2. The quantitative estimate of drug-likeness (QED) is 0.695. The molecule has 2 atom stereocenters. The maximum Gasteiger partial charge on any atom is 0.0664 e. The molecule has 2 aliphatic heterocycles. The lowest BCUT2D eigenvalue weighted by Crippen LogP contribution is -2.56. The molecule has 2 fully saturated rings. The first-order chi connectivity index (χ1) is 6.52. The first-order valence-corrected chi connectivity index (χ1v) is 5.63. The fraction of sp³-hybridized carbons (Fsp3) is 1.00. The molecule has 0 radical (unpaired) electrons. The summed E-state index contributed by atoms with van der Waals surface area (Å²) in [6.45, 7) is 8.87. The first-order valence-electron chi connectivity index (χ1n) is 5.63. The summed E-state index contributed by atoms with van der Waals surface area (Å²) in [5.41, 5.74) is 0.567. The Morgan fingerprint density at radius 1 is 1.21 bits per heavy atom. The number of likely N-dealkylation sites (tertiary alicyclic amines) is 2. The molecule has 0 aromatic heterocycles. The molecule has 14 heavy (non-hydrogen) atoms. The Balaban J connectivity index is 1.89. The van der Waals surface area contributed by atoms with E-state index < -0.39 is 0 Å². The van der Waals surface area contributed by atoms with Gasteiger partial charge in [-0.1, -0.05) is 0 Å². The molecule has 1 spiro atoms. The van der Waals surface area contributed by atoms with Crippen LogP contribution in [0.3, 0.4) is 0 Å². The molecule has 1 N–H and O–H groups in total. The van der Waals surface area contributed by atoms with Gasteiger partial charge in [0, 0.05) is 31.1 Å². The first kappa shape index (κ1) is 10.4. The third-order valence-corrected chi connectivity index (χ3v) is 3.95. The van der Waals surface area contributed by atoms with Crippen molar-refractivity contribution in [2.75, 3.05) is 33.2 Å². The van der Waals surface area contributed by atoms with Gasteiger partial charge in [0.05, 0.1) is 6.10 Å². The van der Waals surface area contributed by atoms with Crippen LogP contribution in [0.4, 0.5) is 0 Å². The van der Waals surface area contributed by atoms with Crippen molar-refractivity contribution < 1.29 is 5.11 Å². The van der Waals surface area contributed by atoms with Gasteiger partial charge in [-0.25, -0.2) is 0 Å². The van der Waals surface area contributed by atoms with E-state index in [4.69, 9.17) is 0 Å². The van der Waals surface area contributed by atoms with Crippen molar-refractivity contribution in [3.05, 3.63) is 0 Å². The summed E-state index contributed by atoms with van der Waals surface area (Å²) < 4.78 is 0. The molecule has 3 heteroatoms. The smallest absolute Gasteiger partial charge is 0.0664 e. The van der Waals surface area contributed by atoms with Crippen LogP contribution in [0.5, 0.6) is 0 Å². The molecule has 0 aromatic rings. The maximum atomic E-state index is 9.54. The van der Waals surface area contributed by atoms with E-state index in [1.54, 1.807) is 0 Å². The Morgan fingerprint density at radius 3 is 2.36 bits per heavy atom. The minimum atomic E-state index is -0.206. The van der Waals surface area contributed by atoms with Gasteiger partial charge in [0.1, 0.15) is 0 Å². The van der Waals surface area contributed by atoms with Crippen molar-refractivity contribution in [1.82, 2.24) is 9.80 Å². The highest BCUT2D eigenvalue weighted by Gasteiger charge is 2.47. The van der Waals surface area contributed by atoms with Crippen molar-refractivity contribution in [3.8, 4) is 0 Å². The predicted octanol–water partition coefficient (Wildman–Crippen LogP) is 0.393. The lowest BCUT2D eigenvalue weighted by Gasteiger charge is -2.46. The topological polar surface area (TPSA) is 26.7 Å². The zero-order valence-corrected chi connectivity index (χ0v) is 9.53. The predicted molar refractivity (Wildman–Crippen MR) is 57.3 cm³/mol. The van der Waals surface area contributed by atoms with Gasteiger partial charge in [0.2, 0.25) is 0 Å². The Bertz CT molecular complexity index is 211. The lowest BCUT2D eigenvalue weighted by molar-refractivity contribution is 0.0160. The highest BCUT2D eigenvalue weighted by molar-refractivity contribution is 5.01. The summed E-state index contributed by atoms with van der Waals surface area (Å²) in [6.07, 6.45) is 1.11. The molecule has 82 valence electrons. The van der Waals surface area contributed by atoms with Crippen molar-refractivity contribution in [2.24, 2.45) is 5.41 Å². The molecule has 0 saturated carbocycles. The summed E-state index contributed by atoms with van der Waals surface area (Å²) in [5.74, 6) is 0. The minimum Gasteiger partial charge on any atom is -0.392 e. The fourth-order valence-electron chi connectivity index (χ4n) is 2.98. The van der Waals surface area contributed by atoms with E-state index >= 15 is 0 Å². The fourth-order valence-corrected chi connectivity index (χ4v) is 2.98. The van der Waals surface area contributed by atoms with E-state index in [1.165, 1.54) is 32.6 Å². The minimum absolute atomic E-state index is 0.206. The second kappa shape index (κ2) is 3.47. The maximum absolute atomic E-state index is 9.54. The van der Waals surface area contributed by atoms with Gasteiger partial charge in [-0.05, 0) is 33.9 Å². The molecular formula is C11H22N2O. The highest BCUT2D eigenvalue weighted by atomic mass is 16.3. The molecule has 2 rings (SSSR count). The van der Waals surface area contributed by atoms with Gasteiger partial charge in [0.15, 0.2) is 0 Å². The van der Waals surface area contributed by atoms with Crippen LogP contribution in [-0.4, -0.2) is 60.3 Å². The molecule has 2 saturated heterocycles. The number of hydrogen-bond acceptors (Lipinski definition) is 3. The van der Waals surface area contributed by atoms with Gasteiger partial charge in [-0.3, -0.25) is 4.90 Å². The normalized spacial score (nSPS) is 31.7. The standard InChI is InChI=1S/C11H22N2O/c1-9(10(2)14)13-5-4-11(8-13)6-12(3)7-11/h9-10,14H,4-8H2,1-3H3. The zero-order valence-electron chi connectivity index (χ0n) is 9.53. The van der Waals surface area contributed by atoms with Crippen LogP contribution in [0.2, 0.25) is 0 Å². The van der Waals surface area contributed by atoms with Gasteiger partial charge in [0.25, 0.3) is 0 Å². The highest BCUT2D eigenvalue weighted by Crippen LogP contribution is 2.39. The van der Waals surface area contributed by atoms with E-state index in [-0.39, 0.29) is 6.10 Å². The van der Waals surface area contributed by atoms with E-state index in [0.717, 1.165) is 0 Å². The summed E-state index contributed by atoms with van der Waals surface area (Å²) in [7, 11) is 2.19. The Kier molecular flexibility index (Phi) is 2.58. The second-order valence-electron chi connectivity index (χ2n) is 5.37. The van der Waals surface area contributed by atoms with Crippen molar-refractivity contribution in [3.63, 3.8) is 0 Å². The molecular weight excluding hydrogens is 176 g/mol. The Labute approximate surface area is 86.7 Å². The van der Waals surface area contributed by atoms with Gasteiger partial charge in [-0.15, -0.1) is 0 Å². The molecule has 2 heterocycles. The van der Waals surface area contributed by atoms with E-state index in [9.17, 15) is 5.11 Å². The molecule has 0 amide bonds. The summed E-state index contributed by atoms with van der Waals surface area (Å²) in [5, 5.41) is 9.54. The average Bonchev–Trinajstić information content (AvgIpc) is 2.47. The van der Waals surface area contributed by atoms with Crippen LogP contribution >= 0.6 is 0 Å². The number of hydrogen-bond donors (Lipinski definition) is 1. The van der Waals surface area contributed by atoms with Crippen LogP contribution in [0, 0.1) is 5.41 Å². The third kappa shape index (κ3) is 1.69. The van der Waals surface area contributed by atoms with Gasteiger partial charge < -0.3 is 10.0 Å². The molecule has 3 nitrogen and oxygen atoms in total. The van der Waals surface area contributed by atoms with E-state index in [2.05, 4.69) is 23.8 Å². The van der Waals surface area contributed by atoms with Crippen molar-refractivity contribution >= 4 is 0 Å². The SMILES string of the molecule is CC(O)C(C)N1CCC2(CN(C)C2)C1.